The van der Waals surface area contributed by atoms with Crippen LogP contribution in [0.3, 0.4) is 0 Å². The van der Waals surface area contributed by atoms with E-state index in [1.807, 2.05) is 47.0 Å². The average Bonchev–Trinajstić information content (AvgIpc) is 3.57. The number of ketones is 1. The molecular formula is C31H35N3O5S. The Labute approximate surface area is 238 Å². The molecule has 0 bridgehead atoms. The highest BCUT2D eigenvalue weighted by Gasteiger charge is 2.32. The van der Waals surface area contributed by atoms with Crippen LogP contribution in [0.1, 0.15) is 50.5 Å². The molecule has 8 nitrogen and oxygen atoms in total. The molecule has 0 radical (unpaired) electrons. The maximum atomic E-state index is 13.2. The number of thiazole rings is 1. The fourth-order valence-corrected chi connectivity index (χ4v) is 6.67. The fraction of sp³-hybridized carbons (Fsp3) is 0.452. The second-order valence-electron chi connectivity index (χ2n) is 11.5. The summed E-state index contributed by atoms with van der Waals surface area (Å²) in [6.45, 7) is 12.0. The zero-order valence-corrected chi connectivity index (χ0v) is 24.7. The SMILES string of the molecule is CC(=O)[C@@H](OC(C)(C)C)c1c(C)cc2nc(N(C)CC3OCCO3)sc2c1-c1ccc2c3c(ccnc13)CCO2. The number of anilines is 1. The summed E-state index contributed by atoms with van der Waals surface area (Å²) < 4.78 is 24.8. The van der Waals surface area contributed by atoms with Crippen LogP contribution in [0.2, 0.25) is 0 Å². The Morgan fingerprint density at radius 3 is 2.70 bits per heavy atom. The van der Waals surface area contributed by atoms with Gasteiger partial charge in [-0.15, -0.1) is 0 Å². The van der Waals surface area contributed by atoms with Crippen LogP contribution in [0.4, 0.5) is 5.13 Å². The van der Waals surface area contributed by atoms with Crippen molar-refractivity contribution in [2.75, 3.05) is 38.3 Å². The minimum atomic E-state index is -0.745. The predicted molar refractivity (Wildman–Crippen MR) is 158 cm³/mol. The Bertz CT molecular complexity index is 1590. The fourth-order valence-electron chi connectivity index (χ4n) is 5.58. The summed E-state index contributed by atoms with van der Waals surface area (Å²) in [5, 5.41) is 1.88. The Kier molecular flexibility index (Phi) is 7.02. The number of Topliss-reactive ketones (excluding diaryl/α,β-unsaturated/α-hetero) is 1. The zero-order chi connectivity index (χ0) is 28.2. The Hall–Kier alpha value is -3.11. The number of aromatic nitrogens is 2. The van der Waals surface area contributed by atoms with E-state index in [1.54, 1.807) is 18.3 Å². The van der Waals surface area contributed by atoms with Crippen LogP contribution in [0, 0.1) is 6.92 Å². The summed E-state index contributed by atoms with van der Waals surface area (Å²) in [6, 6.07) is 8.22. The number of ether oxygens (including phenoxy) is 4. The first kappa shape index (κ1) is 27.1. The molecule has 1 atom stereocenters. The summed E-state index contributed by atoms with van der Waals surface area (Å²) in [4.78, 5) is 25.2. The largest absolute Gasteiger partial charge is 0.493 e. The third-order valence-corrected chi connectivity index (χ3v) is 8.50. The maximum Gasteiger partial charge on any atom is 0.186 e. The molecule has 6 rings (SSSR count). The molecule has 1 saturated heterocycles. The molecular weight excluding hydrogens is 526 g/mol. The van der Waals surface area contributed by atoms with Gasteiger partial charge in [-0.3, -0.25) is 9.78 Å². The van der Waals surface area contributed by atoms with E-state index in [0.717, 1.165) is 60.7 Å². The number of fused-ring (bicyclic) bond motifs is 1. The van der Waals surface area contributed by atoms with Crippen molar-refractivity contribution in [2.45, 2.75) is 59.0 Å². The highest BCUT2D eigenvalue weighted by atomic mass is 32.1. The van der Waals surface area contributed by atoms with E-state index in [9.17, 15) is 4.79 Å². The molecule has 2 aromatic heterocycles. The van der Waals surface area contributed by atoms with Crippen molar-refractivity contribution in [3.8, 4) is 16.9 Å². The van der Waals surface area contributed by atoms with Crippen molar-refractivity contribution >= 4 is 43.4 Å². The standard InChI is InChI=1S/C31H35N3O5S/c1-17-15-21-29(40-30(33-21)34(6)16-23-37-13-14-38-23)26(24(17)28(18(2)35)39-31(3,4)5)20-7-8-22-25-19(10-12-36-22)9-11-32-27(20)25/h7-9,11,15,23,28H,10,12-14,16H2,1-6H3/t28-/m1/s1. The minimum Gasteiger partial charge on any atom is -0.493 e. The zero-order valence-electron chi connectivity index (χ0n) is 23.9. The number of carbonyl (C=O) groups excluding carboxylic acids is 1. The molecule has 2 aliphatic heterocycles. The third kappa shape index (κ3) is 4.96. The molecule has 0 unspecified atom stereocenters. The molecule has 0 N–H and O–H groups in total. The number of rotatable bonds is 7. The van der Waals surface area contributed by atoms with Crippen LogP contribution in [0.5, 0.6) is 5.75 Å². The first-order valence-electron chi connectivity index (χ1n) is 13.7. The van der Waals surface area contributed by atoms with E-state index < -0.39 is 11.7 Å². The van der Waals surface area contributed by atoms with Gasteiger partial charge in [-0.1, -0.05) is 11.3 Å². The Balaban J connectivity index is 1.61. The number of hydrogen-bond acceptors (Lipinski definition) is 9. The number of benzene rings is 2. The minimum absolute atomic E-state index is 0.0463. The molecule has 40 heavy (non-hydrogen) atoms. The van der Waals surface area contributed by atoms with Crippen LogP contribution < -0.4 is 9.64 Å². The van der Waals surface area contributed by atoms with Crippen molar-refractivity contribution in [1.82, 2.24) is 9.97 Å². The number of carbonyl (C=O) groups is 1. The van der Waals surface area contributed by atoms with Crippen molar-refractivity contribution < 1.29 is 23.7 Å². The van der Waals surface area contributed by atoms with Gasteiger partial charge in [0.1, 0.15) is 11.9 Å². The van der Waals surface area contributed by atoms with Gasteiger partial charge in [0.15, 0.2) is 17.2 Å². The van der Waals surface area contributed by atoms with Crippen molar-refractivity contribution in [3.05, 3.63) is 47.2 Å². The topological polar surface area (TPSA) is 83.0 Å². The lowest BCUT2D eigenvalue weighted by atomic mass is 9.88. The van der Waals surface area contributed by atoms with Crippen LogP contribution in [0.15, 0.2) is 30.5 Å². The first-order valence-corrected chi connectivity index (χ1v) is 14.5. The quantitative estimate of drug-likeness (QED) is 0.271. The first-order chi connectivity index (χ1) is 19.1. The summed E-state index contributed by atoms with van der Waals surface area (Å²) >= 11 is 1.59. The van der Waals surface area contributed by atoms with E-state index in [1.165, 1.54) is 5.56 Å². The number of nitrogens with zero attached hydrogens (tertiary/aromatic N) is 3. The molecule has 2 aromatic carbocycles. The van der Waals surface area contributed by atoms with E-state index in [-0.39, 0.29) is 12.1 Å². The summed E-state index contributed by atoms with van der Waals surface area (Å²) in [7, 11) is 2.00. The highest BCUT2D eigenvalue weighted by Crippen LogP contribution is 2.47. The molecule has 2 aliphatic rings. The van der Waals surface area contributed by atoms with Gasteiger partial charge in [0.2, 0.25) is 0 Å². The summed E-state index contributed by atoms with van der Waals surface area (Å²) in [6.07, 6.45) is 1.67. The Morgan fingerprint density at radius 1 is 1.20 bits per heavy atom. The number of likely N-dealkylation sites (N-methyl/N-ethyl adjacent to an activating group) is 1. The van der Waals surface area contributed by atoms with Gasteiger partial charge in [-0.2, -0.15) is 0 Å². The van der Waals surface area contributed by atoms with E-state index in [2.05, 4.69) is 23.1 Å². The van der Waals surface area contributed by atoms with Crippen molar-refractivity contribution in [2.24, 2.45) is 0 Å². The van der Waals surface area contributed by atoms with Crippen molar-refractivity contribution in [3.63, 3.8) is 0 Å². The van der Waals surface area contributed by atoms with Crippen LogP contribution >= 0.6 is 11.3 Å². The van der Waals surface area contributed by atoms with Crippen LogP contribution in [0.25, 0.3) is 32.2 Å². The number of aryl methyl sites for hydroxylation is 1. The summed E-state index contributed by atoms with van der Waals surface area (Å²) in [5.41, 5.74) is 6.10. The predicted octanol–water partition coefficient (Wildman–Crippen LogP) is 6.01. The van der Waals surface area contributed by atoms with Crippen LogP contribution in [-0.4, -0.2) is 61.1 Å². The van der Waals surface area contributed by atoms with Gasteiger partial charge >= 0.3 is 0 Å². The lowest BCUT2D eigenvalue weighted by Gasteiger charge is -2.29. The monoisotopic (exact) mass is 561 g/mol. The van der Waals surface area contributed by atoms with Gasteiger partial charge in [0.25, 0.3) is 0 Å². The second-order valence-corrected chi connectivity index (χ2v) is 12.5. The van der Waals surface area contributed by atoms with Gasteiger partial charge < -0.3 is 23.8 Å². The molecule has 0 spiro atoms. The number of pyridine rings is 1. The van der Waals surface area contributed by atoms with E-state index in [0.29, 0.717) is 26.4 Å². The molecule has 0 aliphatic carbocycles. The lowest BCUT2D eigenvalue weighted by Crippen LogP contribution is -2.29. The second kappa shape index (κ2) is 10.4. The lowest BCUT2D eigenvalue weighted by molar-refractivity contribution is -0.138. The van der Waals surface area contributed by atoms with Gasteiger partial charge in [-0.05, 0) is 70.0 Å². The summed E-state index contributed by atoms with van der Waals surface area (Å²) in [5.74, 6) is 0.795. The molecule has 4 heterocycles. The van der Waals surface area contributed by atoms with Gasteiger partial charge in [-0.25, -0.2) is 4.98 Å². The molecule has 0 saturated carbocycles. The van der Waals surface area contributed by atoms with Crippen LogP contribution in [-0.2, 0) is 25.4 Å². The molecule has 0 amide bonds. The average molecular weight is 562 g/mol. The highest BCUT2D eigenvalue weighted by molar-refractivity contribution is 7.22. The third-order valence-electron chi connectivity index (χ3n) is 7.30. The normalized spacial score (nSPS) is 16.4. The molecule has 9 heteroatoms. The maximum absolute atomic E-state index is 13.2. The number of hydrogen-bond donors (Lipinski definition) is 0. The molecule has 1 fully saturated rings. The van der Waals surface area contributed by atoms with Gasteiger partial charge in [0, 0.05) is 41.7 Å². The molecule has 4 aromatic rings. The van der Waals surface area contributed by atoms with E-state index in [4.69, 9.17) is 28.9 Å². The van der Waals surface area contributed by atoms with E-state index >= 15 is 0 Å². The van der Waals surface area contributed by atoms with Gasteiger partial charge in [0.05, 0.1) is 47.7 Å². The smallest absolute Gasteiger partial charge is 0.186 e. The van der Waals surface area contributed by atoms with Crippen molar-refractivity contribution in [1.29, 1.82) is 0 Å². The Morgan fingerprint density at radius 2 is 1.98 bits per heavy atom. The molecule has 210 valence electrons.